The lowest BCUT2D eigenvalue weighted by molar-refractivity contribution is -0.125. The van der Waals surface area contributed by atoms with Crippen LogP contribution in [-0.4, -0.2) is 38.8 Å². The van der Waals surface area contributed by atoms with Crippen LogP contribution in [0.15, 0.2) is 42.5 Å². The van der Waals surface area contributed by atoms with E-state index < -0.39 is 11.4 Å². The van der Waals surface area contributed by atoms with E-state index in [1.54, 1.807) is 30.3 Å². The van der Waals surface area contributed by atoms with Crippen molar-refractivity contribution < 1.29 is 28.2 Å². The molecule has 166 valence electrons. The van der Waals surface area contributed by atoms with Gasteiger partial charge in [-0.1, -0.05) is 25.5 Å². The van der Waals surface area contributed by atoms with E-state index in [2.05, 4.69) is 12.2 Å². The third-order valence-electron chi connectivity index (χ3n) is 5.58. The summed E-state index contributed by atoms with van der Waals surface area (Å²) in [6.45, 7) is 3.40. The SMILES string of the molecule is CCCCOc1ccc(NC(=O)C2(c3ccc(F)cc3)CCOCC2)cc1C(=O)OC. The van der Waals surface area contributed by atoms with Gasteiger partial charge in [0.25, 0.3) is 0 Å². The summed E-state index contributed by atoms with van der Waals surface area (Å²) < 4.78 is 29.5. The van der Waals surface area contributed by atoms with Crippen LogP contribution in [0.1, 0.15) is 48.5 Å². The minimum atomic E-state index is -0.840. The number of anilines is 1. The summed E-state index contributed by atoms with van der Waals surface area (Å²) in [7, 11) is 1.30. The first kappa shape index (κ1) is 22.7. The van der Waals surface area contributed by atoms with Gasteiger partial charge in [0.2, 0.25) is 5.91 Å². The van der Waals surface area contributed by atoms with Crippen molar-refractivity contribution in [2.24, 2.45) is 0 Å². The molecule has 1 amide bonds. The molecule has 0 saturated carbocycles. The maximum atomic E-state index is 13.4. The van der Waals surface area contributed by atoms with E-state index in [0.29, 0.717) is 44.1 Å². The van der Waals surface area contributed by atoms with E-state index >= 15 is 0 Å². The zero-order valence-electron chi connectivity index (χ0n) is 17.9. The first-order valence-electron chi connectivity index (χ1n) is 10.5. The third kappa shape index (κ3) is 5.22. The second-order valence-electron chi connectivity index (χ2n) is 7.56. The summed E-state index contributed by atoms with van der Waals surface area (Å²) in [6, 6.07) is 10.9. The number of amides is 1. The zero-order valence-corrected chi connectivity index (χ0v) is 17.9. The van der Waals surface area contributed by atoms with Gasteiger partial charge in [0, 0.05) is 18.9 Å². The molecular weight excluding hydrogens is 401 g/mol. The summed E-state index contributed by atoms with van der Waals surface area (Å²) in [6.07, 6.45) is 2.79. The van der Waals surface area contributed by atoms with Gasteiger partial charge < -0.3 is 19.5 Å². The second-order valence-corrected chi connectivity index (χ2v) is 7.56. The van der Waals surface area contributed by atoms with Gasteiger partial charge in [-0.2, -0.15) is 0 Å². The van der Waals surface area contributed by atoms with Crippen LogP contribution in [0.5, 0.6) is 5.75 Å². The number of unbranched alkanes of at least 4 members (excludes halogenated alkanes) is 1. The summed E-state index contributed by atoms with van der Waals surface area (Å²) in [5, 5.41) is 2.93. The Hall–Kier alpha value is -2.93. The molecule has 0 atom stereocenters. The Morgan fingerprint density at radius 3 is 2.48 bits per heavy atom. The fraction of sp³-hybridized carbons (Fsp3) is 0.417. The van der Waals surface area contributed by atoms with Gasteiger partial charge in [-0.25, -0.2) is 9.18 Å². The van der Waals surface area contributed by atoms with E-state index in [-0.39, 0.29) is 17.3 Å². The molecule has 0 spiro atoms. The summed E-state index contributed by atoms with van der Waals surface area (Å²) >= 11 is 0. The molecule has 6 nitrogen and oxygen atoms in total. The van der Waals surface area contributed by atoms with Crippen molar-refractivity contribution in [1.29, 1.82) is 0 Å². The van der Waals surface area contributed by atoms with Crippen LogP contribution >= 0.6 is 0 Å². The third-order valence-corrected chi connectivity index (χ3v) is 5.58. The van der Waals surface area contributed by atoms with Crippen molar-refractivity contribution in [2.75, 3.05) is 32.2 Å². The Labute approximate surface area is 181 Å². The Balaban J connectivity index is 1.87. The molecule has 1 N–H and O–H groups in total. The number of hydrogen-bond donors (Lipinski definition) is 1. The second kappa shape index (κ2) is 10.4. The summed E-state index contributed by atoms with van der Waals surface area (Å²) in [5.41, 5.74) is 0.607. The van der Waals surface area contributed by atoms with Gasteiger partial charge in [-0.15, -0.1) is 0 Å². The van der Waals surface area contributed by atoms with Crippen LogP contribution < -0.4 is 10.1 Å². The Morgan fingerprint density at radius 2 is 1.84 bits per heavy atom. The minimum absolute atomic E-state index is 0.224. The Bertz CT molecular complexity index is 907. The molecule has 0 aromatic heterocycles. The number of esters is 1. The van der Waals surface area contributed by atoms with Crippen LogP contribution in [0, 0.1) is 5.82 Å². The first-order chi connectivity index (χ1) is 15.0. The Kier molecular flexibility index (Phi) is 7.63. The molecule has 1 fully saturated rings. The van der Waals surface area contributed by atoms with Gasteiger partial charge in [-0.3, -0.25) is 4.79 Å². The van der Waals surface area contributed by atoms with Gasteiger partial charge in [-0.05, 0) is 55.2 Å². The number of carbonyl (C=O) groups is 2. The fourth-order valence-corrected chi connectivity index (χ4v) is 3.72. The molecule has 1 heterocycles. The highest BCUT2D eigenvalue weighted by Gasteiger charge is 2.41. The van der Waals surface area contributed by atoms with Crippen LogP contribution in [0.4, 0.5) is 10.1 Å². The molecule has 3 rings (SSSR count). The Morgan fingerprint density at radius 1 is 1.13 bits per heavy atom. The number of rotatable bonds is 8. The van der Waals surface area contributed by atoms with Gasteiger partial charge in [0.15, 0.2) is 0 Å². The minimum Gasteiger partial charge on any atom is -0.493 e. The van der Waals surface area contributed by atoms with Crippen LogP contribution in [0.25, 0.3) is 0 Å². The molecule has 2 aromatic carbocycles. The highest BCUT2D eigenvalue weighted by molar-refractivity contribution is 6.01. The lowest BCUT2D eigenvalue weighted by atomic mass is 9.73. The largest absolute Gasteiger partial charge is 0.493 e. The molecule has 2 aromatic rings. The standard InChI is InChI=1S/C24H28FNO5/c1-3-4-13-31-21-10-9-19(16-20(21)22(27)29-2)26-23(28)24(11-14-30-15-12-24)17-5-7-18(25)8-6-17/h5-10,16H,3-4,11-15H2,1-2H3,(H,26,28). The molecule has 0 radical (unpaired) electrons. The van der Waals surface area contributed by atoms with Gasteiger partial charge in [0.1, 0.15) is 17.1 Å². The average molecular weight is 429 g/mol. The summed E-state index contributed by atoms with van der Waals surface area (Å²) in [5.74, 6) is -0.704. The molecule has 1 aliphatic heterocycles. The lowest BCUT2D eigenvalue weighted by Crippen LogP contribution is -2.44. The number of benzene rings is 2. The fourth-order valence-electron chi connectivity index (χ4n) is 3.72. The monoisotopic (exact) mass is 429 g/mol. The summed E-state index contributed by atoms with van der Waals surface area (Å²) in [4.78, 5) is 25.7. The van der Waals surface area contributed by atoms with Crippen molar-refractivity contribution in [3.05, 3.63) is 59.4 Å². The van der Waals surface area contributed by atoms with Crippen LogP contribution in [0.3, 0.4) is 0 Å². The maximum absolute atomic E-state index is 13.4. The van der Waals surface area contributed by atoms with E-state index in [1.807, 2.05) is 0 Å². The van der Waals surface area contributed by atoms with Crippen molar-refractivity contribution >= 4 is 17.6 Å². The quantitative estimate of drug-likeness (QED) is 0.495. The number of methoxy groups -OCH3 is 1. The van der Waals surface area contributed by atoms with Crippen molar-refractivity contribution in [2.45, 2.75) is 38.0 Å². The number of halogens is 1. The highest BCUT2D eigenvalue weighted by atomic mass is 19.1. The molecule has 7 heteroatoms. The van der Waals surface area contributed by atoms with E-state index in [1.165, 1.54) is 19.2 Å². The maximum Gasteiger partial charge on any atom is 0.341 e. The van der Waals surface area contributed by atoms with Gasteiger partial charge >= 0.3 is 5.97 Å². The number of carbonyl (C=O) groups excluding carboxylic acids is 2. The highest BCUT2D eigenvalue weighted by Crippen LogP contribution is 2.36. The number of ether oxygens (including phenoxy) is 3. The molecule has 0 aliphatic carbocycles. The first-order valence-corrected chi connectivity index (χ1v) is 10.5. The number of nitrogens with one attached hydrogen (secondary N) is 1. The van der Waals surface area contributed by atoms with E-state index in [9.17, 15) is 14.0 Å². The average Bonchev–Trinajstić information content (AvgIpc) is 2.80. The lowest BCUT2D eigenvalue weighted by Gasteiger charge is -2.36. The van der Waals surface area contributed by atoms with Gasteiger partial charge in [0.05, 0.1) is 19.1 Å². The predicted octanol–water partition coefficient (Wildman–Crippen LogP) is 4.48. The molecular formula is C24H28FNO5. The molecule has 0 bridgehead atoms. The molecule has 0 unspecified atom stereocenters. The predicted molar refractivity (Wildman–Crippen MR) is 115 cm³/mol. The van der Waals surface area contributed by atoms with Crippen molar-refractivity contribution in [3.8, 4) is 5.75 Å². The van der Waals surface area contributed by atoms with E-state index in [0.717, 1.165) is 18.4 Å². The topological polar surface area (TPSA) is 73.9 Å². The molecule has 1 aliphatic rings. The number of hydrogen-bond acceptors (Lipinski definition) is 5. The van der Waals surface area contributed by atoms with Crippen molar-refractivity contribution in [3.63, 3.8) is 0 Å². The molecule has 31 heavy (non-hydrogen) atoms. The van der Waals surface area contributed by atoms with E-state index in [4.69, 9.17) is 14.2 Å². The van der Waals surface area contributed by atoms with Crippen LogP contribution in [0.2, 0.25) is 0 Å². The van der Waals surface area contributed by atoms with Crippen LogP contribution in [-0.2, 0) is 19.7 Å². The molecule has 1 saturated heterocycles. The zero-order chi connectivity index (χ0) is 22.3. The van der Waals surface area contributed by atoms with Crippen molar-refractivity contribution in [1.82, 2.24) is 0 Å². The smallest absolute Gasteiger partial charge is 0.341 e. The normalized spacial score (nSPS) is 15.2.